The number of carbonyl (C=O) groups is 1. The van der Waals surface area contributed by atoms with E-state index in [1.807, 2.05) is 0 Å². The van der Waals surface area contributed by atoms with Crippen LogP contribution >= 0.6 is 0 Å². The van der Waals surface area contributed by atoms with Gasteiger partial charge in [0.15, 0.2) is 0 Å². The van der Waals surface area contributed by atoms with Gasteiger partial charge in [0.2, 0.25) is 0 Å². The third-order valence-electron chi connectivity index (χ3n) is 1.54. The Morgan fingerprint density at radius 2 is 2.33 bits per heavy atom. The maximum atomic E-state index is 10.6. The van der Waals surface area contributed by atoms with Crippen molar-refractivity contribution in [2.45, 2.75) is 0 Å². The minimum Gasteiger partial charge on any atom is -0.478 e. The predicted octanol–water partition coefficient (Wildman–Crippen LogP) is 0.946. The molecule has 1 aromatic rings. The van der Waals surface area contributed by atoms with Gasteiger partial charge in [0.25, 0.3) is 5.96 Å². The fourth-order valence-electron chi connectivity index (χ4n) is 0.957. The molecule has 0 spiro atoms. The van der Waals surface area contributed by atoms with E-state index in [1.165, 1.54) is 12.1 Å². The Morgan fingerprint density at radius 1 is 1.60 bits per heavy atom. The third-order valence-corrected chi connectivity index (χ3v) is 1.54. The summed E-state index contributed by atoms with van der Waals surface area (Å²) in [5, 5.41) is 14.5. The number of hydrogen-bond donors (Lipinski definition) is 3. The molecule has 0 aliphatic rings. The molecule has 0 heterocycles. The molecule has 0 bridgehead atoms. The number of nitrogens with one attached hydrogen (secondary N) is 1. The van der Waals surface area contributed by atoms with E-state index in [0.29, 0.717) is 5.69 Å². The molecule has 15 heavy (non-hydrogen) atoms. The quantitative estimate of drug-likeness (QED) is 0.289. The zero-order chi connectivity index (χ0) is 11.3. The number of aromatic carboxylic acids is 1. The Morgan fingerprint density at radius 3 is 2.93 bits per heavy atom. The molecule has 0 amide bonds. The number of carboxylic acids is 1. The lowest BCUT2D eigenvalue weighted by molar-refractivity contribution is 0.0697. The van der Waals surface area contributed by atoms with Crippen LogP contribution in [0, 0.1) is 6.57 Å². The van der Waals surface area contributed by atoms with Crippen LogP contribution in [-0.4, -0.2) is 17.0 Å². The summed E-state index contributed by atoms with van der Waals surface area (Å²) in [4.78, 5) is 13.4. The van der Waals surface area contributed by atoms with Crippen LogP contribution in [0.3, 0.4) is 0 Å². The molecule has 0 unspecified atom stereocenters. The predicted molar refractivity (Wildman–Crippen MR) is 55.2 cm³/mol. The van der Waals surface area contributed by atoms with E-state index in [2.05, 4.69) is 15.4 Å². The van der Waals surface area contributed by atoms with Crippen LogP contribution in [0.1, 0.15) is 10.4 Å². The standard InChI is InChI=1S/C9H8N4O2/c1-11-13-9(10)12-7-4-2-3-6(5-7)8(14)15/h2-5H,(H,14,15)(H3,10,12,13). The summed E-state index contributed by atoms with van der Waals surface area (Å²) < 4.78 is 0. The number of rotatable bonds is 2. The van der Waals surface area contributed by atoms with Crippen LogP contribution in [0.4, 0.5) is 5.69 Å². The molecule has 0 aromatic heterocycles. The molecular formula is C9H8N4O2. The smallest absolute Gasteiger partial charge is 0.335 e. The lowest BCUT2D eigenvalue weighted by Crippen LogP contribution is -2.21. The second-order valence-corrected chi connectivity index (χ2v) is 2.60. The van der Waals surface area contributed by atoms with Crippen LogP contribution in [0.25, 0.3) is 4.95 Å². The van der Waals surface area contributed by atoms with E-state index < -0.39 is 5.97 Å². The average Bonchev–Trinajstić information content (AvgIpc) is 2.18. The normalized spacial score (nSPS) is 10.5. The Kier molecular flexibility index (Phi) is 3.24. The highest BCUT2D eigenvalue weighted by Gasteiger charge is 2.03. The molecule has 0 fully saturated rings. The largest absolute Gasteiger partial charge is 0.478 e. The Labute approximate surface area is 85.8 Å². The van der Waals surface area contributed by atoms with Crippen molar-refractivity contribution in [1.29, 1.82) is 0 Å². The molecule has 0 aliphatic carbocycles. The first kappa shape index (κ1) is 10.5. The molecule has 4 N–H and O–H groups in total. The Bertz CT molecular complexity index is 448. The molecule has 0 atom stereocenters. The zero-order valence-electron chi connectivity index (χ0n) is 7.64. The second-order valence-electron chi connectivity index (χ2n) is 2.60. The first-order chi connectivity index (χ1) is 7.13. The molecule has 0 saturated heterocycles. The molecule has 0 saturated carbocycles. The summed E-state index contributed by atoms with van der Waals surface area (Å²) in [7, 11) is 0. The molecular weight excluding hydrogens is 196 g/mol. The van der Waals surface area contributed by atoms with Crippen molar-refractivity contribution >= 4 is 17.6 Å². The van der Waals surface area contributed by atoms with Crippen molar-refractivity contribution in [1.82, 2.24) is 0 Å². The van der Waals surface area contributed by atoms with Crippen molar-refractivity contribution in [3.8, 4) is 0 Å². The maximum absolute atomic E-state index is 10.6. The van der Waals surface area contributed by atoms with Gasteiger partial charge in [-0.1, -0.05) is 6.07 Å². The summed E-state index contributed by atoms with van der Waals surface area (Å²) in [6, 6.07) is 6.04. The highest BCUT2D eigenvalue weighted by molar-refractivity contribution is 5.94. The summed E-state index contributed by atoms with van der Waals surface area (Å²) in [5.41, 5.74) is 5.93. The van der Waals surface area contributed by atoms with E-state index in [-0.39, 0.29) is 11.5 Å². The van der Waals surface area contributed by atoms with Crippen molar-refractivity contribution in [3.05, 3.63) is 41.4 Å². The number of carboxylic acid groups (broad SMARTS) is 1. The highest BCUT2D eigenvalue weighted by atomic mass is 16.4. The summed E-state index contributed by atoms with van der Waals surface area (Å²) in [6.45, 7) is 6.43. The van der Waals surface area contributed by atoms with Gasteiger partial charge in [-0.2, -0.15) is 6.57 Å². The zero-order valence-corrected chi connectivity index (χ0v) is 7.64. The third kappa shape index (κ3) is 3.00. The van der Waals surface area contributed by atoms with Crippen molar-refractivity contribution in [3.63, 3.8) is 0 Å². The van der Waals surface area contributed by atoms with E-state index in [1.54, 1.807) is 12.1 Å². The first-order valence-corrected chi connectivity index (χ1v) is 3.93. The molecule has 0 radical (unpaired) electrons. The van der Waals surface area contributed by atoms with Gasteiger partial charge in [0, 0.05) is 5.69 Å². The monoisotopic (exact) mass is 204 g/mol. The summed E-state index contributed by atoms with van der Waals surface area (Å²) in [5.74, 6) is -1.10. The van der Waals surface area contributed by atoms with Gasteiger partial charge < -0.3 is 16.2 Å². The Balaban J connectivity index is 2.88. The fourth-order valence-corrected chi connectivity index (χ4v) is 0.957. The number of hydrogen-bond acceptors (Lipinski definition) is 2. The van der Waals surface area contributed by atoms with Crippen LogP contribution < -0.4 is 11.1 Å². The van der Waals surface area contributed by atoms with E-state index in [4.69, 9.17) is 17.4 Å². The summed E-state index contributed by atoms with van der Waals surface area (Å²) in [6.07, 6.45) is 0. The second kappa shape index (κ2) is 4.62. The number of anilines is 1. The van der Waals surface area contributed by atoms with Gasteiger partial charge in [-0.25, -0.2) is 4.79 Å². The van der Waals surface area contributed by atoms with E-state index in [9.17, 15) is 4.79 Å². The lowest BCUT2D eigenvalue weighted by atomic mass is 10.2. The van der Waals surface area contributed by atoms with Gasteiger partial charge in [-0.3, -0.25) is 0 Å². The first-order valence-electron chi connectivity index (χ1n) is 3.93. The van der Waals surface area contributed by atoms with Crippen molar-refractivity contribution < 1.29 is 9.90 Å². The molecule has 76 valence electrons. The van der Waals surface area contributed by atoms with Crippen LogP contribution in [0.5, 0.6) is 0 Å². The molecule has 0 aliphatic heterocycles. The topological polar surface area (TPSA) is 92.1 Å². The van der Waals surface area contributed by atoms with Crippen molar-refractivity contribution in [2.24, 2.45) is 10.8 Å². The van der Waals surface area contributed by atoms with Crippen LogP contribution in [0.2, 0.25) is 0 Å². The molecule has 1 rings (SSSR count). The van der Waals surface area contributed by atoms with Gasteiger partial charge >= 0.3 is 5.97 Å². The van der Waals surface area contributed by atoms with Crippen LogP contribution in [0.15, 0.2) is 29.4 Å². The van der Waals surface area contributed by atoms with E-state index >= 15 is 0 Å². The molecule has 1 aromatic carbocycles. The van der Waals surface area contributed by atoms with Crippen LogP contribution in [-0.2, 0) is 0 Å². The van der Waals surface area contributed by atoms with Gasteiger partial charge in [-0.05, 0) is 18.2 Å². The van der Waals surface area contributed by atoms with E-state index in [0.717, 1.165) is 0 Å². The number of nitrogens with zero attached hydrogens (tertiary/aromatic N) is 2. The molecule has 6 nitrogen and oxygen atoms in total. The van der Waals surface area contributed by atoms with Crippen molar-refractivity contribution in [2.75, 3.05) is 5.32 Å². The minimum atomic E-state index is -1.03. The average molecular weight is 204 g/mol. The lowest BCUT2D eigenvalue weighted by Gasteiger charge is -2.02. The minimum absolute atomic E-state index is 0.0764. The number of nitrogens with two attached hydrogens (primary N) is 1. The SMILES string of the molecule is [C-]#[N+]N=C(N)Nc1cccc(C(=O)O)c1. The Hall–Kier alpha value is -2.55. The highest BCUT2D eigenvalue weighted by Crippen LogP contribution is 2.10. The maximum Gasteiger partial charge on any atom is 0.335 e. The molecule has 6 heteroatoms. The number of benzene rings is 1. The number of guanidine groups is 1. The van der Waals surface area contributed by atoms with Gasteiger partial charge in [0.1, 0.15) is 5.10 Å². The fraction of sp³-hybridized carbons (Fsp3) is 0. The van der Waals surface area contributed by atoms with Gasteiger partial charge in [-0.15, -0.1) is 4.95 Å². The summed E-state index contributed by atoms with van der Waals surface area (Å²) >= 11 is 0. The van der Waals surface area contributed by atoms with Gasteiger partial charge in [0.05, 0.1) is 5.56 Å².